The van der Waals surface area contributed by atoms with Crippen LogP contribution in [0.4, 0.5) is 0 Å². The monoisotopic (exact) mass is 262 g/mol. The van der Waals surface area contributed by atoms with Crippen LogP contribution in [-0.4, -0.2) is 33.2 Å². The van der Waals surface area contributed by atoms with Crippen molar-refractivity contribution in [1.29, 1.82) is 0 Å². The number of aryl methyl sites for hydroxylation is 1. The lowest BCUT2D eigenvalue weighted by Crippen LogP contribution is -2.43. The van der Waals surface area contributed by atoms with Crippen molar-refractivity contribution in [1.82, 2.24) is 14.7 Å². The van der Waals surface area contributed by atoms with Crippen LogP contribution in [0.25, 0.3) is 0 Å². The molecule has 0 radical (unpaired) electrons. The number of hydrogen-bond donors (Lipinski definition) is 1. The van der Waals surface area contributed by atoms with Gasteiger partial charge in [-0.05, 0) is 25.2 Å². The van der Waals surface area contributed by atoms with Gasteiger partial charge in [0.1, 0.15) is 6.04 Å². The van der Waals surface area contributed by atoms with E-state index in [0.29, 0.717) is 12.0 Å². The molecule has 2 fully saturated rings. The summed E-state index contributed by atoms with van der Waals surface area (Å²) in [4.78, 5) is 14.6. The van der Waals surface area contributed by atoms with Gasteiger partial charge in [-0.25, -0.2) is 0 Å². The van der Waals surface area contributed by atoms with Crippen molar-refractivity contribution in [3.05, 3.63) is 18.0 Å². The summed E-state index contributed by atoms with van der Waals surface area (Å²) in [7, 11) is 1.84. The van der Waals surface area contributed by atoms with Crippen LogP contribution in [0.5, 0.6) is 0 Å². The van der Waals surface area contributed by atoms with Crippen LogP contribution in [0.15, 0.2) is 12.4 Å². The smallest absolute Gasteiger partial charge is 0.244 e. The second-order valence-corrected chi connectivity index (χ2v) is 5.86. The Morgan fingerprint density at radius 2 is 2.21 bits per heavy atom. The van der Waals surface area contributed by atoms with Gasteiger partial charge in [0.15, 0.2) is 0 Å². The van der Waals surface area contributed by atoms with Crippen LogP contribution in [0, 0.1) is 5.92 Å². The second-order valence-electron chi connectivity index (χ2n) is 5.86. The first kappa shape index (κ1) is 12.7. The highest BCUT2D eigenvalue weighted by Gasteiger charge is 2.39. The van der Waals surface area contributed by atoms with E-state index in [1.165, 1.54) is 19.3 Å². The topological polar surface area (TPSA) is 64.2 Å². The highest BCUT2D eigenvalue weighted by Crippen LogP contribution is 2.37. The molecule has 3 unspecified atom stereocenters. The number of nitrogens with two attached hydrogens (primary N) is 1. The number of carbonyl (C=O) groups is 1. The van der Waals surface area contributed by atoms with Crippen LogP contribution in [0.1, 0.15) is 43.7 Å². The van der Waals surface area contributed by atoms with Gasteiger partial charge in [0, 0.05) is 31.4 Å². The fourth-order valence-electron chi connectivity index (χ4n) is 3.60. The summed E-state index contributed by atoms with van der Waals surface area (Å²) in [6.07, 6.45) is 9.65. The molecule has 104 valence electrons. The molecule has 1 aromatic heterocycles. The fourth-order valence-corrected chi connectivity index (χ4v) is 3.60. The quantitative estimate of drug-likeness (QED) is 0.871. The molecule has 1 amide bonds. The number of likely N-dealkylation sites (tertiary alicyclic amines) is 1. The van der Waals surface area contributed by atoms with Crippen LogP contribution in [0.2, 0.25) is 0 Å². The summed E-state index contributed by atoms with van der Waals surface area (Å²) in [6.45, 7) is 0.877. The molecule has 1 aromatic rings. The van der Waals surface area contributed by atoms with Gasteiger partial charge in [0.2, 0.25) is 5.91 Å². The number of aromatic nitrogens is 2. The molecule has 19 heavy (non-hydrogen) atoms. The first-order valence-electron chi connectivity index (χ1n) is 7.21. The maximum Gasteiger partial charge on any atom is 0.244 e. The largest absolute Gasteiger partial charge is 0.338 e. The Morgan fingerprint density at radius 3 is 2.95 bits per heavy atom. The minimum atomic E-state index is -0.561. The molecular formula is C14H22N4O. The summed E-state index contributed by atoms with van der Waals surface area (Å²) < 4.78 is 1.69. The maximum atomic E-state index is 12.6. The van der Waals surface area contributed by atoms with Gasteiger partial charge in [-0.15, -0.1) is 0 Å². The van der Waals surface area contributed by atoms with Crippen LogP contribution >= 0.6 is 0 Å². The predicted molar refractivity (Wildman–Crippen MR) is 72.2 cm³/mol. The first-order chi connectivity index (χ1) is 9.16. The molecule has 0 bridgehead atoms. The molecule has 2 aliphatic rings. The second kappa shape index (κ2) is 4.96. The standard InChI is InChI=1S/C14H22N4O/c1-17-9-11(8-16-17)13(15)14(19)18-7-6-10-4-2-3-5-12(10)18/h8-10,12-13H,2-7,15H2,1H3. The average molecular weight is 262 g/mol. The summed E-state index contributed by atoms with van der Waals surface area (Å²) in [5, 5.41) is 4.09. The lowest BCUT2D eigenvalue weighted by Gasteiger charge is -2.32. The van der Waals surface area contributed by atoms with Gasteiger partial charge in [-0.3, -0.25) is 9.48 Å². The van der Waals surface area contributed by atoms with Crippen molar-refractivity contribution in [2.24, 2.45) is 18.7 Å². The third-order valence-electron chi connectivity index (χ3n) is 4.64. The average Bonchev–Trinajstić information content (AvgIpc) is 3.03. The van der Waals surface area contributed by atoms with Crippen LogP contribution in [0.3, 0.4) is 0 Å². The number of nitrogens with zero attached hydrogens (tertiary/aromatic N) is 3. The van der Waals surface area contributed by atoms with Crippen molar-refractivity contribution >= 4 is 5.91 Å². The molecule has 2 N–H and O–H groups in total. The maximum absolute atomic E-state index is 12.6. The van der Waals surface area contributed by atoms with Crippen molar-refractivity contribution in [2.45, 2.75) is 44.2 Å². The number of amides is 1. The van der Waals surface area contributed by atoms with Gasteiger partial charge in [-0.2, -0.15) is 5.10 Å². The Balaban J connectivity index is 1.73. The Hall–Kier alpha value is -1.36. The zero-order valence-electron chi connectivity index (χ0n) is 11.5. The Kier molecular flexibility index (Phi) is 3.31. The van der Waals surface area contributed by atoms with E-state index in [1.54, 1.807) is 10.9 Å². The van der Waals surface area contributed by atoms with Crippen LogP contribution < -0.4 is 5.73 Å². The number of rotatable bonds is 2. The Bertz CT molecular complexity index is 470. The highest BCUT2D eigenvalue weighted by atomic mass is 16.2. The number of fused-ring (bicyclic) bond motifs is 1. The van der Waals surface area contributed by atoms with Crippen LogP contribution in [-0.2, 0) is 11.8 Å². The number of hydrogen-bond acceptors (Lipinski definition) is 3. The van der Waals surface area contributed by atoms with E-state index in [0.717, 1.165) is 24.9 Å². The summed E-state index contributed by atoms with van der Waals surface area (Å²) >= 11 is 0. The van der Waals surface area contributed by atoms with E-state index >= 15 is 0 Å². The fraction of sp³-hybridized carbons (Fsp3) is 0.714. The third kappa shape index (κ3) is 2.27. The zero-order chi connectivity index (χ0) is 13.4. The molecular weight excluding hydrogens is 240 g/mol. The van der Waals surface area contributed by atoms with Gasteiger partial charge in [0.25, 0.3) is 0 Å². The molecule has 1 saturated heterocycles. The van der Waals surface area contributed by atoms with E-state index < -0.39 is 6.04 Å². The molecule has 0 aromatic carbocycles. The zero-order valence-corrected chi connectivity index (χ0v) is 11.5. The lowest BCUT2D eigenvalue weighted by atomic mass is 9.85. The van der Waals surface area contributed by atoms with Gasteiger partial charge in [0.05, 0.1) is 6.20 Å². The molecule has 5 nitrogen and oxygen atoms in total. The normalized spacial score (nSPS) is 28.2. The molecule has 1 aliphatic heterocycles. The van der Waals surface area contributed by atoms with E-state index in [-0.39, 0.29) is 5.91 Å². The molecule has 5 heteroatoms. The summed E-state index contributed by atoms with van der Waals surface area (Å²) in [6, 6.07) is -0.127. The van der Waals surface area contributed by atoms with Gasteiger partial charge >= 0.3 is 0 Å². The SMILES string of the molecule is Cn1cc(C(N)C(=O)N2CCC3CCCCC32)cn1. The van der Waals surface area contributed by atoms with Crippen molar-refractivity contribution in [3.63, 3.8) is 0 Å². The van der Waals surface area contributed by atoms with Gasteiger partial charge < -0.3 is 10.6 Å². The summed E-state index contributed by atoms with van der Waals surface area (Å²) in [5.74, 6) is 0.779. The van der Waals surface area contributed by atoms with E-state index in [2.05, 4.69) is 5.10 Å². The predicted octanol–water partition coefficient (Wildman–Crippen LogP) is 1.21. The van der Waals surface area contributed by atoms with E-state index in [1.807, 2.05) is 18.1 Å². The van der Waals surface area contributed by atoms with Crippen molar-refractivity contribution in [3.8, 4) is 0 Å². The molecule has 2 heterocycles. The highest BCUT2D eigenvalue weighted by molar-refractivity contribution is 5.83. The molecule has 0 spiro atoms. The lowest BCUT2D eigenvalue weighted by molar-refractivity contribution is -0.134. The van der Waals surface area contributed by atoms with Crippen molar-refractivity contribution < 1.29 is 4.79 Å². The minimum absolute atomic E-state index is 0.0717. The Labute approximate surface area is 113 Å². The molecule has 3 atom stereocenters. The van der Waals surface area contributed by atoms with Crippen molar-refractivity contribution in [2.75, 3.05) is 6.54 Å². The van der Waals surface area contributed by atoms with Gasteiger partial charge in [-0.1, -0.05) is 12.8 Å². The van der Waals surface area contributed by atoms with E-state index in [9.17, 15) is 4.79 Å². The molecule has 1 saturated carbocycles. The summed E-state index contributed by atoms with van der Waals surface area (Å²) in [5.41, 5.74) is 6.92. The van der Waals surface area contributed by atoms with E-state index in [4.69, 9.17) is 5.73 Å². The first-order valence-corrected chi connectivity index (χ1v) is 7.21. The minimum Gasteiger partial charge on any atom is -0.338 e. The molecule has 1 aliphatic carbocycles. The number of carbonyl (C=O) groups excluding carboxylic acids is 1. The Morgan fingerprint density at radius 1 is 1.42 bits per heavy atom. The molecule has 3 rings (SSSR count). The third-order valence-corrected chi connectivity index (χ3v) is 4.64.